The number of aromatic nitrogens is 2. The van der Waals surface area contributed by atoms with E-state index in [1.807, 2.05) is 27.7 Å². The number of alkyl carbamates (subject to hydrolysis) is 1. The highest BCUT2D eigenvalue weighted by Crippen LogP contribution is 2.26. The molecule has 7 heteroatoms. The van der Waals surface area contributed by atoms with E-state index in [1.165, 1.54) is 11.5 Å². The van der Waals surface area contributed by atoms with Crippen molar-refractivity contribution in [1.29, 1.82) is 0 Å². The van der Waals surface area contributed by atoms with Crippen molar-refractivity contribution in [2.24, 2.45) is 5.92 Å². The van der Waals surface area contributed by atoms with Gasteiger partial charge in [0.2, 0.25) is 5.13 Å². The van der Waals surface area contributed by atoms with E-state index >= 15 is 0 Å². The third-order valence-corrected chi connectivity index (χ3v) is 4.65. The van der Waals surface area contributed by atoms with Crippen molar-refractivity contribution in [2.45, 2.75) is 59.1 Å². The van der Waals surface area contributed by atoms with Gasteiger partial charge in [0.05, 0.1) is 0 Å². The number of hydrogen-bond acceptors (Lipinski definition) is 6. The Kier molecular flexibility index (Phi) is 5.26. The Morgan fingerprint density at radius 3 is 2.55 bits per heavy atom. The van der Waals surface area contributed by atoms with Gasteiger partial charge in [-0.3, -0.25) is 0 Å². The van der Waals surface area contributed by atoms with E-state index in [9.17, 15) is 4.79 Å². The maximum Gasteiger partial charge on any atom is 0.407 e. The SMILES string of the molecule is Cc1nsc(N2CCC(C(C)NC(=O)OC(C)(C)C)CC2)n1. The predicted octanol–water partition coefficient (Wildman–Crippen LogP) is 2.98. The standard InChI is InChI=1S/C15H26N4O2S/c1-10(16-14(20)21-15(3,4)5)12-6-8-19(9-7-12)13-17-11(2)18-22-13/h10,12H,6-9H2,1-5H3,(H,16,20). The second kappa shape index (κ2) is 6.81. The molecule has 1 fully saturated rings. The number of ether oxygens (including phenoxy) is 1. The van der Waals surface area contributed by atoms with E-state index in [0.717, 1.165) is 36.9 Å². The van der Waals surface area contributed by atoms with Crippen LogP contribution in [0.25, 0.3) is 0 Å². The molecule has 124 valence electrons. The normalized spacial score (nSPS) is 18.1. The van der Waals surface area contributed by atoms with Gasteiger partial charge in [0.1, 0.15) is 11.4 Å². The molecule has 1 aromatic heterocycles. The summed E-state index contributed by atoms with van der Waals surface area (Å²) in [6, 6.07) is 0.119. The van der Waals surface area contributed by atoms with E-state index in [2.05, 4.69) is 26.5 Å². The number of piperidine rings is 1. The van der Waals surface area contributed by atoms with E-state index in [-0.39, 0.29) is 12.1 Å². The summed E-state index contributed by atoms with van der Waals surface area (Å²) in [5.74, 6) is 1.31. The summed E-state index contributed by atoms with van der Waals surface area (Å²) < 4.78 is 9.55. The first kappa shape index (κ1) is 17.0. The number of amides is 1. The number of anilines is 1. The molecule has 6 nitrogen and oxygen atoms in total. The molecule has 0 aliphatic carbocycles. The van der Waals surface area contributed by atoms with Crippen molar-refractivity contribution < 1.29 is 9.53 Å². The Hall–Kier alpha value is -1.37. The molecule has 0 bridgehead atoms. The Balaban J connectivity index is 1.79. The van der Waals surface area contributed by atoms with Crippen LogP contribution in [-0.4, -0.2) is 40.2 Å². The van der Waals surface area contributed by atoms with Crippen molar-refractivity contribution in [3.8, 4) is 0 Å². The van der Waals surface area contributed by atoms with Crippen molar-refractivity contribution in [3.63, 3.8) is 0 Å². The molecular weight excluding hydrogens is 300 g/mol. The third kappa shape index (κ3) is 4.83. The Bertz CT molecular complexity index is 504. The minimum absolute atomic E-state index is 0.119. The zero-order valence-corrected chi connectivity index (χ0v) is 14.9. The second-order valence-corrected chi connectivity index (χ2v) is 7.61. The highest BCUT2D eigenvalue weighted by molar-refractivity contribution is 7.09. The highest BCUT2D eigenvalue weighted by atomic mass is 32.1. The molecule has 1 saturated heterocycles. The molecule has 0 radical (unpaired) electrons. The molecule has 0 spiro atoms. The summed E-state index contributed by atoms with van der Waals surface area (Å²) in [6.07, 6.45) is 1.74. The molecule has 1 aliphatic heterocycles. The number of nitrogens with zero attached hydrogens (tertiary/aromatic N) is 3. The maximum atomic E-state index is 11.8. The van der Waals surface area contributed by atoms with Crippen LogP contribution in [0.1, 0.15) is 46.4 Å². The van der Waals surface area contributed by atoms with Crippen molar-refractivity contribution in [2.75, 3.05) is 18.0 Å². The summed E-state index contributed by atoms with van der Waals surface area (Å²) in [7, 11) is 0. The number of rotatable bonds is 3. The van der Waals surface area contributed by atoms with E-state index in [0.29, 0.717) is 5.92 Å². The van der Waals surface area contributed by atoms with Gasteiger partial charge in [0.25, 0.3) is 0 Å². The zero-order chi connectivity index (χ0) is 16.3. The van der Waals surface area contributed by atoms with Gasteiger partial charge in [-0.05, 0) is 53.4 Å². The van der Waals surface area contributed by atoms with Crippen LogP contribution in [0.5, 0.6) is 0 Å². The Morgan fingerprint density at radius 2 is 2.05 bits per heavy atom. The number of aryl methyl sites for hydroxylation is 1. The van der Waals surface area contributed by atoms with Gasteiger partial charge in [-0.1, -0.05) is 0 Å². The number of nitrogens with one attached hydrogen (secondary N) is 1. The predicted molar refractivity (Wildman–Crippen MR) is 88.4 cm³/mol. The van der Waals surface area contributed by atoms with Gasteiger partial charge in [-0.15, -0.1) is 0 Å². The average Bonchev–Trinajstić information content (AvgIpc) is 2.83. The summed E-state index contributed by atoms with van der Waals surface area (Å²) >= 11 is 1.46. The summed E-state index contributed by atoms with van der Waals surface area (Å²) in [6.45, 7) is 11.5. The van der Waals surface area contributed by atoms with Crippen LogP contribution in [0.3, 0.4) is 0 Å². The van der Waals surface area contributed by atoms with Gasteiger partial charge in [-0.2, -0.15) is 4.37 Å². The van der Waals surface area contributed by atoms with E-state index in [1.54, 1.807) is 0 Å². The molecule has 1 atom stereocenters. The summed E-state index contributed by atoms with van der Waals surface area (Å²) in [4.78, 5) is 18.6. The van der Waals surface area contributed by atoms with Crippen molar-refractivity contribution >= 4 is 22.8 Å². The van der Waals surface area contributed by atoms with Gasteiger partial charge in [-0.25, -0.2) is 9.78 Å². The van der Waals surface area contributed by atoms with E-state index < -0.39 is 5.60 Å². The van der Waals surface area contributed by atoms with Crippen molar-refractivity contribution in [3.05, 3.63) is 5.82 Å². The topological polar surface area (TPSA) is 67.4 Å². The van der Waals surface area contributed by atoms with Gasteiger partial charge >= 0.3 is 6.09 Å². The van der Waals surface area contributed by atoms with Crippen LogP contribution in [-0.2, 0) is 4.74 Å². The van der Waals surface area contributed by atoms with Gasteiger partial charge < -0.3 is 15.0 Å². The molecule has 22 heavy (non-hydrogen) atoms. The largest absolute Gasteiger partial charge is 0.444 e. The van der Waals surface area contributed by atoms with Gasteiger partial charge in [0.15, 0.2) is 0 Å². The lowest BCUT2D eigenvalue weighted by Crippen LogP contribution is -2.45. The lowest BCUT2D eigenvalue weighted by atomic mass is 9.90. The smallest absolute Gasteiger partial charge is 0.407 e. The molecule has 0 aromatic carbocycles. The molecule has 1 N–H and O–H groups in total. The number of carbonyl (C=O) groups excluding carboxylic acids is 1. The molecule has 1 amide bonds. The number of carbonyl (C=O) groups is 1. The number of hydrogen-bond donors (Lipinski definition) is 1. The quantitative estimate of drug-likeness (QED) is 0.925. The zero-order valence-electron chi connectivity index (χ0n) is 14.0. The lowest BCUT2D eigenvalue weighted by Gasteiger charge is -2.35. The van der Waals surface area contributed by atoms with Crippen LogP contribution in [0.4, 0.5) is 9.93 Å². The molecule has 1 aliphatic rings. The Morgan fingerprint density at radius 1 is 1.41 bits per heavy atom. The Labute approximate surface area is 136 Å². The molecular formula is C15H26N4O2S. The molecule has 2 heterocycles. The van der Waals surface area contributed by atoms with Crippen LogP contribution < -0.4 is 10.2 Å². The van der Waals surface area contributed by atoms with Crippen LogP contribution >= 0.6 is 11.5 Å². The second-order valence-electron chi connectivity index (χ2n) is 6.88. The minimum Gasteiger partial charge on any atom is -0.444 e. The first-order valence-corrected chi connectivity index (χ1v) is 8.57. The minimum atomic E-state index is -0.455. The summed E-state index contributed by atoms with van der Waals surface area (Å²) in [5.41, 5.74) is -0.455. The van der Waals surface area contributed by atoms with Crippen LogP contribution in [0, 0.1) is 12.8 Å². The first-order valence-electron chi connectivity index (χ1n) is 7.79. The average molecular weight is 326 g/mol. The molecule has 0 saturated carbocycles. The monoisotopic (exact) mass is 326 g/mol. The molecule has 2 rings (SSSR count). The van der Waals surface area contributed by atoms with Gasteiger partial charge in [0, 0.05) is 30.7 Å². The fourth-order valence-corrected chi connectivity index (χ4v) is 3.34. The molecule has 1 aromatic rings. The summed E-state index contributed by atoms with van der Waals surface area (Å²) in [5, 5.41) is 3.96. The lowest BCUT2D eigenvalue weighted by molar-refractivity contribution is 0.0487. The highest BCUT2D eigenvalue weighted by Gasteiger charge is 2.27. The third-order valence-electron chi connectivity index (χ3n) is 3.78. The van der Waals surface area contributed by atoms with Crippen LogP contribution in [0.15, 0.2) is 0 Å². The fourth-order valence-electron chi connectivity index (χ4n) is 2.62. The fraction of sp³-hybridized carbons (Fsp3) is 0.800. The first-order chi connectivity index (χ1) is 10.2. The molecule has 1 unspecified atom stereocenters. The van der Waals surface area contributed by atoms with Crippen LogP contribution in [0.2, 0.25) is 0 Å². The van der Waals surface area contributed by atoms with E-state index in [4.69, 9.17) is 4.74 Å². The maximum absolute atomic E-state index is 11.8. The van der Waals surface area contributed by atoms with Crippen molar-refractivity contribution in [1.82, 2.24) is 14.7 Å².